The molecule has 3 aromatic rings. The summed E-state index contributed by atoms with van der Waals surface area (Å²) >= 11 is 0. The van der Waals surface area contributed by atoms with Gasteiger partial charge in [-0.3, -0.25) is 4.99 Å². The molecule has 0 atom stereocenters. The zero-order valence-electron chi connectivity index (χ0n) is 15.7. The molecule has 29 heavy (non-hydrogen) atoms. The summed E-state index contributed by atoms with van der Waals surface area (Å²) in [5.74, 6) is -0.386. The van der Waals surface area contributed by atoms with Crippen LogP contribution in [0, 0.1) is 5.82 Å². The SMILES string of the molecule is CN=C(NCCc1c[nH]c2ccccc12)NCc1c(F)cccc1OC(F)F.I. The third-order valence-electron chi connectivity index (χ3n) is 4.31. The van der Waals surface area contributed by atoms with Crippen LogP contribution in [-0.4, -0.2) is 31.1 Å². The maximum Gasteiger partial charge on any atom is 0.387 e. The number of benzene rings is 2. The van der Waals surface area contributed by atoms with Gasteiger partial charge in [-0.15, -0.1) is 24.0 Å². The Morgan fingerprint density at radius 3 is 2.69 bits per heavy atom. The Kier molecular flexibility index (Phi) is 8.62. The Labute approximate surface area is 183 Å². The van der Waals surface area contributed by atoms with Crippen LogP contribution in [0.25, 0.3) is 10.9 Å². The number of nitrogens with zero attached hydrogens (tertiary/aromatic N) is 1. The third-order valence-corrected chi connectivity index (χ3v) is 4.31. The van der Waals surface area contributed by atoms with E-state index in [1.807, 2.05) is 24.4 Å². The van der Waals surface area contributed by atoms with Crippen molar-refractivity contribution in [2.45, 2.75) is 19.6 Å². The van der Waals surface area contributed by atoms with Crippen molar-refractivity contribution in [3.63, 3.8) is 0 Å². The van der Waals surface area contributed by atoms with Crippen molar-refractivity contribution < 1.29 is 17.9 Å². The zero-order chi connectivity index (χ0) is 19.9. The molecule has 3 rings (SSSR count). The van der Waals surface area contributed by atoms with Gasteiger partial charge in [0, 0.05) is 42.8 Å². The molecule has 9 heteroatoms. The third kappa shape index (κ3) is 6.02. The van der Waals surface area contributed by atoms with Gasteiger partial charge in [-0.05, 0) is 30.2 Å². The van der Waals surface area contributed by atoms with E-state index in [-0.39, 0.29) is 41.8 Å². The molecule has 0 saturated carbocycles. The van der Waals surface area contributed by atoms with Gasteiger partial charge in [-0.1, -0.05) is 24.3 Å². The molecule has 0 spiro atoms. The van der Waals surface area contributed by atoms with E-state index in [4.69, 9.17) is 0 Å². The van der Waals surface area contributed by atoms with Crippen LogP contribution >= 0.6 is 24.0 Å². The number of hydrogen-bond donors (Lipinski definition) is 3. The average Bonchev–Trinajstić information content (AvgIpc) is 3.09. The van der Waals surface area contributed by atoms with E-state index in [2.05, 4.69) is 31.4 Å². The van der Waals surface area contributed by atoms with Crippen molar-refractivity contribution >= 4 is 40.8 Å². The fourth-order valence-corrected chi connectivity index (χ4v) is 2.96. The quantitative estimate of drug-likeness (QED) is 0.247. The lowest BCUT2D eigenvalue weighted by Crippen LogP contribution is -2.38. The summed E-state index contributed by atoms with van der Waals surface area (Å²) in [6, 6.07) is 11.9. The first-order valence-electron chi connectivity index (χ1n) is 8.80. The van der Waals surface area contributed by atoms with E-state index in [0.717, 1.165) is 17.3 Å². The summed E-state index contributed by atoms with van der Waals surface area (Å²) in [6.07, 6.45) is 2.72. The van der Waals surface area contributed by atoms with E-state index in [1.54, 1.807) is 7.05 Å². The first kappa shape index (κ1) is 22.9. The highest BCUT2D eigenvalue weighted by molar-refractivity contribution is 14.0. The van der Waals surface area contributed by atoms with Gasteiger partial charge in [0.15, 0.2) is 5.96 Å². The van der Waals surface area contributed by atoms with Crippen molar-refractivity contribution in [1.29, 1.82) is 0 Å². The van der Waals surface area contributed by atoms with Crippen molar-refractivity contribution in [3.05, 3.63) is 65.6 Å². The highest BCUT2D eigenvalue weighted by Gasteiger charge is 2.14. The minimum atomic E-state index is -3.02. The number of ether oxygens (including phenoxy) is 1. The van der Waals surface area contributed by atoms with Gasteiger partial charge in [-0.25, -0.2) is 4.39 Å². The van der Waals surface area contributed by atoms with Crippen molar-refractivity contribution in [2.75, 3.05) is 13.6 Å². The molecule has 0 aliphatic carbocycles. The van der Waals surface area contributed by atoms with Crippen LogP contribution in [0.2, 0.25) is 0 Å². The van der Waals surface area contributed by atoms with E-state index >= 15 is 0 Å². The predicted octanol–water partition coefficient (Wildman–Crippen LogP) is 4.43. The zero-order valence-corrected chi connectivity index (χ0v) is 18.0. The highest BCUT2D eigenvalue weighted by atomic mass is 127. The molecule has 0 radical (unpaired) electrons. The summed E-state index contributed by atoms with van der Waals surface area (Å²) in [5.41, 5.74) is 2.26. The summed E-state index contributed by atoms with van der Waals surface area (Å²) in [6.45, 7) is -2.46. The average molecular weight is 518 g/mol. The lowest BCUT2D eigenvalue weighted by Gasteiger charge is -2.15. The molecule has 156 valence electrons. The number of fused-ring (bicyclic) bond motifs is 1. The van der Waals surface area contributed by atoms with Crippen LogP contribution < -0.4 is 15.4 Å². The molecule has 0 amide bonds. The number of nitrogens with one attached hydrogen (secondary N) is 3. The van der Waals surface area contributed by atoms with Gasteiger partial charge in [-0.2, -0.15) is 8.78 Å². The Morgan fingerprint density at radius 1 is 1.14 bits per heavy atom. The Balaban J connectivity index is 0.00000300. The number of alkyl halides is 2. The lowest BCUT2D eigenvalue weighted by atomic mass is 10.1. The molecule has 0 bridgehead atoms. The van der Waals surface area contributed by atoms with Gasteiger partial charge in [0.1, 0.15) is 11.6 Å². The molecule has 0 aliphatic rings. The smallest absolute Gasteiger partial charge is 0.387 e. The number of aromatic nitrogens is 1. The van der Waals surface area contributed by atoms with E-state index < -0.39 is 12.4 Å². The normalized spacial score (nSPS) is 11.4. The minimum Gasteiger partial charge on any atom is -0.434 e. The van der Waals surface area contributed by atoms with Crippen molar-refractivity contribution in [3.8, 4) is 5.75 Å². The number of aliphatic imine (C=N–C) groups is 1. The van der Waals surface area contributed by atoms with Gasteiger partial charge in [0.05, 0.1) is 0 Å². The second-order valence-corrected chi connectivity index (χ2v) is 6.06. The summed E-state index contributed by atoms with van der Waals surface area (Å²) in [4.78, 5) is 7.30. The monoisotopic (exact) mass is 518 g/mol. The number of guanidine groups is 1. The highest BCUT2D eigenvalue weighted by Crippen LogP contribution is 2.23. The summed E-state index contributed by atoms with van der Waals surface area (Å²) in [7, 11) is 1.58. The number of H-pyrrole nitrogens is 1. The standard InChI is InChI=1S/C20H21F3N4O.HI/c1-24-20(25-10-9-13-11-26-17-7-3-2-5-14(13)17)27-12-15-16(21)6-4-8-18(15)28-19(22)23;/h2-8,11,19,26H,9-10,12H2,1H3,(H2,24,25,27);1H. The number of aromatic amines is 1. The predicted molar refractivity (Wildman–Crippen MR) is 119 cm³/mol. The van der Waals surface area contributed by atoms with E-state index in [9.17, 15) is 13.2 Å². The first-order chi connectivity index (χ1) is 13.6. The maximum absolute atomic E-state index is 14.0. The summed E-state index contributed by atoms with van der Waals surface area (Å²) < 4.78 is 43.4. The Morgan fingerprint density at radius 2 is 1.93 bits per heavy atom. The molecule has 2 aromatic carbocycles. The van der Waals surface area contributed by atoms with Crippen LogP contribution in [0.5, 0.6) is 5.75 Å². The van der Waals surface area contributed by atoms with Gasteiger partial charge in [0.2, 0.25) is 0 Å². The van der Waals surface area contributed by atoms with Crippen LogP contribution in [-0.2, 0) is 13.0 Å². The molecule has 0 saturated heterocycles. The van der Waals surface area contributed by atoms with E-state index in [0.29, 0.717) is 12.5 Å². The Bertz CT molecular complexity index is 962. The number of halogens is 4. The van der Waals surface area contributed by atoms with Gasteiger partial charge >= 0.3 is 6.61 Å². The fourth-order valence-electron chi connectivity index (χ4n) is 2.96. The molecule has 1 heterocycles. The molecule has 3 N–H and O–H groups in total. The summed E-state index contributed by atoms with van der Waals surface area (Å²) in [5, 5.41) is 7.22. The van der Waals surface area contributed by atoms with Crippen molar-refractivity contribution in [1.82, 2.24) is 15.6 Å². The molecular weight excluding hydrogens is 496 g/mol. The fraction of sp³-hybridized carbons (Fsp3) is 0.250. The Hall–Kier alpha value is -2.43. The van der Waals surface area contributed by atoms with Crippen LogP contribution in [0.3, 0.4) is 0 Å². The van der Waals surface area contributed by atoms with Gasteiger partial charge in [0.25, 0.3) is 0 Å². The second-order valence-electron chi connectivity index (χ2n) is 6.06. The van der Waals surface area contributed by atoms with Crippen LogP contribution in [0.1, 0.15) is 11.1 Å². The van der Waals surface area contributed by atoms with E-state index in [1.165, 1.54) is 23.8 Å². The molecular formula is C20H22F3IN4O. The van der Waals surface area contributed by atoms with Gasteiger partial charge < -0.3 is 20.4 Å². The topological polar surface area (TPSA) is 61.4 Å². The molecule has 0 unspecified atom stereocenters. The maximum atomic E-state index is 14.0. The largest absolute Gasteiger partial charge is 0.434 e. The molecule has 5 nitrogen and oxygen atoms in total. The van der Waals surface area contributed by atoms with Crippen LogP contribution in [0.4, 0.5) is 13.2 Å². The lowest BCUT2D eigenvalue weighted by molar-refractivity contribution is -0.0506. The minimum absolute atomic E-state index is 0. The first-order valence-corrected chi connectivity index (χ1v) is 8.80. The molecule has 0 fully saturated rings. The number of hydrogen-bond acceptors (Lipinski definition) is 2. The second kappa shape index (κ2) is 10.9. The molecule has 0 aliphatic heterocycles. The number of rotatable bonds is 7. The molecule has 1 aromatic heterocycles. The van der Waals surface area contributed by atoms with Crippen LogP contribution in [0.15, 0.2) is 53.7 Å². The number of para-hydroxylation sites is 1. The van der Waals surface area contributed by atoms with Crippen molar-refractivity contribution in [2.24, 2.45) is 4.99 Å².